The van der Waals surface area contributed by atoms with Gasteiger partial charge in [-0.3, -0.25) is 33.6 Å². The van der Waals surface area contributed by atoms with E-state index in [1.54, 1.807) is 60.7 Å². The quantitative estimate of drug-likeness (QED) is 0.0828. The molecule has 17 nitrogen and oxygen atoms in total. The summed E-state index contributed by atoms with van der Waals surface area (Å²) in [5, 5.41) is 28.1. The van der Waals surface area contributed by atoms with Crippen molar-refractivity contribution in [1.82, 2.24) is 26.2 Å². The molecule has 3 rings (SSSR count). The van der Waals surface area contributed by atoms with Crippen LogP contribution in [0.25, 0.3) is 0 Å². The lowest BCUT2D eigenvalue weighted by Gasteiger charge is -2.30. The number of hydrogen-bond donors (Lipinski definition) is 8. The number of amides is 6. The molecule has 1 aliphatic heterocycles. The van der Waals surface area contributed by atoms with Gasteiger partial charge >= 0.3 is 11.9 Å². The molecule has 1 fully saturated rings. The van der Waals surface area contributed by atoms with Gasteiger partial charge in [0, 0.05) is 19.4 Å². The summed E-state index contributed by atoms with van der Waals surface area (Å²) >= 11 is 0. The lowest BCUT2D eigenvalue weighted by molar-refractivity contribution is -0.144. The Bertz CT molecular complexity index is 1560. The molecule has 0 aliphatic carbocycles. The van der Waals surface area contributed by atoms with Gasteiger partial charge in [0.1, 0.15) is 24.2 Å². The van der Waals surface area contributed by atoms with E-state index in [4.69, 9.17) is 16.6 Å². The fraction of sp³-hybridized carbons (Fsp3) is 0.394. The highest BCUT2D eigenvalue weighted by Gasteiger charge is 2.39. The van der Waals surface area contributed by atoms with E-state index in [0.29, 0.717) is 17.5 Å². The van der Waals surface area contributed by atoms with Crippen molar-refractivity contribution in [2.45, 2.75) is 68.7 Å². The van der Waals surface area contributed by atoms with E-state index >= 15 is 0 Å². The fourth-order valence-electron chi connectivity index (χ4n) is 5.38. The zero-order chi connectivity index (χ0) is 36.8. The molecule has 0 unspecified atom stereocenters. The third-order valence-electron chi connectivity index (χ3n) is 7.84. The Kier molecular flexibility index (Phi) is 14.4. The summed E-state index contributed by atoms with van der Waals surface area (Å²) in [6.45, 7) is -0.452. The Balaban J connectivity index is 1.78. The standard InChI is InChI=1S/C33H41N7O10/c34-21(16-28(43)44)29(45)36-18-27(42)37-23(15-20-10-5-2-6-11-20)32(48)40-13-7-12-25(40)31(47)38-22(14-19-8-3-1-4-9-19)30(46)39-24(33(49)50)17-26(35)41/h1-6,8-11,21-25H,7,12-18,34H2,(H2,35,41)(H,36,45)(H,37,42)(H,38,47)(H,39,46)(H,43,44)(H,49,50)/t21-,22-,23-,24-,25-/m0/s1. The number of likely N-dealkylation sites (tertiary alicyclic amines) is 1. The predicted octanol–water partition coefficient (Wildman–Crippen LogP) is -2.20. The summed E-state index contributed by atoms with van der Waals surface area (Å²) < 4.78 is 0. The average molecular weight is 696 g/mol. The van der Waals surface area contributed by atoms with E-state index in [0.717, 1.165) is 0 Å². The third kappa shape index (κ3) is 12.0. The number of carbonyl (C=O) groups is 8. The lowest BCUT2D eigenvalue weighted by Crippen LogP contribution is -2.58. The summed E-state index contributed by atoms with van der Waals surface area (Å²) in [4.78, 5) is 101. The number of carboxylic acid groups (broad SMARTS) is 2. The molecule has 0 radical (unpaired) electrons. The Morgan fingerprint density at radius 1 is 0.760 bits per heavy atom. The third-order valence-corrected chi connectivity index (χ3v) is 7.84. The molecule has 6 amide bonds. The van der Waals surface area contributed by atoms with E-state index < -0.39 is 97.0 Å². The number of nitrogens with two attached hydrogens (primary N) is 2. The topological polar surface area (TPSA) is 280 Å². The summed E-state index contributed by atoms with van der Waals surface area (Å²) in [5.74, 6) is -7.57. The van der Waals surface area contributed by atoms with Crippen molar-refractivity contribution in [1.29, 1.82) is 0 Å². The van der Waals surface area contributed by atoms with Gasteiger partial charge in [-0.1, -0.05) is 60.7 Å². The van der Waals surface area contributed by atoms with Crippen molar-refractivity contribution in [2.75, 3.05) is 13.1 Å². The van der Waals surface area contributed by atoms with Gasteiger partial charge in [-0.2, -0.15) is 0 Å². The molecule has 2 aromatic carbocycles. The monoisotopic (exact) mass is 695 g/mol. The van der Waals surface area contributed by atoms with Crippen LogP contribution in [0.5, 0.6) is 0 Å². The molecule has 50 heavy (non-hydrogen) atoms. The molecular formula is C33H41N7O10. The molecule has 0 aromatic heterocycles. The molecule has 0 spiro atoms. The van der Waals surface area contributed by atoms with Crippen molar-refractivity contribution >= 4 is 47.4 Å². The van der Waals surface area contributed by atoms with Crippen molar-refractivity contribution in [3.8, 4) is 0 Å². The maximum Gasteiger partial charge on any atom is 0.326 e. The highest BCUT2D eigenvalue weighted by molar-refractivity contribution is 5.96. The van der Waals surface area contributed by atoms with Crippen LogP contribution in [0, 0.1) is 0 Å². The van der Waals surface area contributed by atoms with Crippen LogP contribution in [0.2, 0.25) is 0 Å². The zero-order valence-corrected chi connectivity index (χ0v) is 27.1. The molecule has 0 bridgehead atoms. The minimum atomic E-state index is -1.64. The van der Waals surface area contributed by atoms with Crippen LogP contribution in [0.4, 0.5) is 0 Å². The summed E-state index contributed by atoms with van der Waals surface area (Å²) in [7, 11) is 0. The van der Waals surface area contributed by atoms with Gasteiger partial charge < -0.3 is 47.8 Å². The van der Waals surface area contributed by atoms with Crippen molar-refractivity contribution in [3.05, 3.63) is 71.8 Å². The number of nitrogens with zero attached hydrogens (tertiary/aromatic N) is 1. The summed E-state index contributed by atoms with van der Waals surface area (Å²) in [6, 6.07) is 10.7. The number of hydrogen-bond acceptors (Lipinski definition) is 9. The summed E-state index contributed by atoms with van der Waals surface area (Å²) in [6.07, 6.45) is -0.703. The number of carbonyl (C=O) groups excluding carboxylic acids is 6. The van der Waals surface area contributed by atoms with Crippen LogP contribution >= 0.6 is 0 Å². The van der Waals surface area contributed by atoms with E-state index in [1.165, 1.54) is 4.90 Å². The van der Waals surface area contributed by atoms with Gasteiger partial charge in [-0.25, -0.2) is 4.79 Å². The van der Waals surface area contributed by atoms with Crippen LogP contribution in [0.1, 0.15) is 36.8 Å². The number of rotatable bonds is 18. The predicted molar refractivity (Wildman–Crippen MR) is 176 cm³/mol. The number of aliphatic carboxylic acids is 2. The van der Waals surface area contributed by atoms with Crippen molar-refractivity contribution in [3.63, 3.8) is 0 Å². The SMILES string of the molecule is NC(=O)C[C@H](NC(=O)[C@H](Cc1ccccc1)NC(=O)[C@@H]1CCCN1C(=O)[C@H](Cc1ccccc1)NC(=O)CNC(=O)[C@@H](N)CC(=O)O)C(=O)O. The molecule has 0 saturated carbocycles. The minimum Gasteiger partial charge on any atom is -0.481 e. The molecular weight excluding hydrogens is 654 g/mol. The number of benzene rings is 2. The molecule has 2 aromatic rings. The van der Waals surface area contributed by atoms with Crippen LogP contribution in [0.15, 0.2) is 60.7 Å². The maximum atomic E-state index is 14.0. The molecule has 1 aliphatic rings. The first-order valence-corrected chi connectivity index (χ1v) is 15.8. The van der Waals surface area contributed by atoms with Gasteiger partial charge in [-0.05, 0) is 24.0 Å². The van der Waals surface area contributed by atoms with E-state index in [2.05, 4.69) is 21.3 Å². The number of carboxylic acids is 2. The van der Waals surface area contributed by atoms with Crippen molar-refractivity contribution < 1.29 is 48.6 Å². The normalized spacial score (nSPS) is 16.2. The highest BCUT2D eigenvalue weighted by Crippen LogP contribution is 2.20. The highest BCUT2D eigenvalue weighted by atomic mass is 16.4. The Hall–Kier alpha value is -5.84. The first-order valence-electron chi connectivity index (χ1n) is 15.8. The minimum absolute atomic E-state index is 0.0260. The van der Waals surface area contributed by atoms with Crippen molar-refractivity contribution in [2.24, 2.45) is 11.5 Å². The summed E-state index contributed by atoms with van der Waals surface area (Å²) in [5.41, 5.74) is 12.0. The Morgan fingerprint density at radius 2 is 1.34 bits per heavy atom. The van der Waals surface area contributed by atoms with Gasteiger partial charge in [0.05, 0.1) is 25.4 Å². The molecule has 17 heteroatoms. The van der Waals surface area contributed by atoms with Crippen LogP contribution < -0.4 is 32.7 Å². The maximum absolute atomic E-state index is 14.0. The van der Waals surface area contributed by atoms with Gasteiger partial charge in [0.2, 0.25) is 35.4 Å². The van der Waals surface area contributed by atoms with E-state index in [1.807, 2.05) is 0 Å². The fourth-order valence-corrected chi connectivity index (χ4v) is 5.38. The second-order valence-corrected chi connectivity index (χ2v) is 11.7. The molecule has 10 N–H and O–H groups in total. The smallest absolute Gasteiger partial charge is 0.326 e. The molecule has 268 valence electrons. The van der Waals surface area contributed by atoms with Crippen LogP contribution in [0.3, 0.4) is 0 Å². The van der Waals surface area contributed by atoms with Crippen LogP contribution in [-0.4, -0.2) is 106 Å². The Morgan fingerprint density at radius 3 is 1.88 bits per heavy atom. The molecule has 1 saturated heterocycles. The first kappa shape index (κ1) is 38.6. The Labute approximate surface area is 287 Å². The second-order valence-electron chi connectivity index (χ2n) is 11.7. The lowest BCUT2D eigenvalue weighted by atomic mass is 10.0. The van der Waals surface area contributed by atoms with Crippen LogP contribution in [-0.2, 0) is 51.2 Å². The largest absolute Gasteiger partial charge is 0.481 e. The zero-order valence-electron chi connectivity index (χ0n) is 27.1. The van der Waals surface area contributed by atoms with E-state index in [9.17, 15) is 43.5 Å². The first-order chi connectivity index (χ1) is 23.7. The van der Waals surface area contributed by atoms with E-state index in [-0.39, 0.29) is 25.8 Å². The average Bonchev–Trinajstić information content (AvgIpc) is 3.56. The second kappa shape index (κ2) is 18.6. The van der Waals surface area contributed by atoms with Gasteiger partial charge in [0.25, 0.3) is 0 Å². The molecule has 5 atom stereocenters. The molecule has 1 heterocycles. The number of nitrogens with one attached hydrogen (secondary N) is 4. The van der Waals surface area contributed by atoms with Gasteiger partial charge in [0.15, 0.2) is 0 Å². The van der Waals surface area contributed by atoms with Gasteiger partial charge in [-0.15, -0.1) is 0 Å². The number of primary amides is 1.